The average molecular weight is 205 g/mol. The van der Waals surface area contributed by atoms with Crippen molar-refractivity contribution in [3.63, 3.8) is 0 Å². The van der Waals surface area contributed by atoms with Gasteiger partial charge in [0.15, 0.2) is 0 Å². The van der Waals surface area contributed by atoms with Gasteiger partial charge in [0.1, 0.15) is 0 Å². The summed E-state index contributed by atoms with van der Waals surface area (Å²) in [6.45, 7) is 1.47. The number of rotatable bonds is 2. The number of hydrogen-bond donors (Lipinski definition) is 1. The fourth-order valence-electron chi connectivity index (χ4n) is 2.41. The lowest BCUT2D eigenvalue weighted by Crippen LogP contribution is -2.36. The zero-order valence-corrected chi connectivity index (χ0v) is 8.50. The van der Waals surface area contributed by atoms with E-state index in [4.69, 9.17) is 5.11 Å². The summed E-state index contributed by atoms with van der Waals surface area (Å²) in [5.74, 6) is 1.38. The first kappa shape index (κ1) is 9.43. The molecule has 76 valence electrons. The molecule has 5 heteroatoms. The van der Waals surface area contributed by atoms with Gasteiger partial charge in [-0.25, -0.2) is 12.7 Å². The van der Waals surface area contributed by atoms with Crippen molar-refractivity contribution in [2.75, 3.05) is 26.0 Å². The minimum absolute atomic E-state index is 0.215. The third-order valence-electron chi connectivity index (χ3n) is 3.32. The number of aliphatic hydroxyl groups is 1. The van der Waals surface area contributed by atoms with Crippen LogP contribution in [0.1, 0.15) is 6.42 Å². The maximum absolute atomic E-state index is 11.2. The summed E-state index contributed by atoms with van der Waals surface area (Å²) in [5.41, 5.74) is 0. The minimum atomic E-state index is -3.01. The molecule has 0 aromatic rings. The zero-order chi connectivity index (χ0) is 9.64. The second kappa shape index (κ2) is 2.93. The second-order valence-corrected chi connectivity index (χ2v) is 6.07. The highest BCUT2D eigenvalue weighted by molar-refractivity contribution is 7.88. The average Bonchev–Trinajstić information content (AvgIpc) is 2.74. The first-order chi connectivity index (χ1) is 6.04. The lowest BCUT2D eigenvalue weighted by molar-refractivity contribution is 0.264. The predicted octanol–water partition coefficient (Wildman–Crippen LogP) is -0.494. The molecule has 0 aromatic heterocycles. The van der Waals surface area contributed by atoms with Gasteiger partial charge in [-0.05, 0) is 24.2 Å². The Hall–Kier alpha value is -0.130. The SMILES string of the molecule is CS(=O)(=O)N1CC[C@@H]2[C@@H](CO)[C@@H]2C1. The third-order valence-corrected chi connectivity index (χ3v) is 4.58. The molecule has 1 saturated carbocycles. The van der Waals surface area contributed by atoms with Crippen molar-refractivity contribution in [2.45, 2.75) is 6.42 Å². The van der Waals surface area contributed by atoms with Gasteiger partial charge in [-0.1, -0.05) is 0 Å². The molecule has 0 bridgehead atoms. The molecule has 0 amide bonds. The summed E-state index contributed by atoms with van der Waals surface area (Å²) in [6, 6.07) is 0. The van der Waals surface area contributed by atoms with Crippen LogP contribution >= 0.6 is 0 Å². The van der Waals surface area contributed by atoms with E-state index in [9.17, 15) is 8.42 Å². The van der Waals surface area contributed by atoms with Crippen LogP contribution in [0.15, 0.2) is 0 Å². The topological polar surface area (TPSA) is 57.6 Å². The molecule has 4 nitrogen and oxygen atoms in total. The maximum atomic E-state index is 11.2. The fourth-order valence-corrected chi connectivity index (χ4v) is 3.29. The lowest BCUT2D eigenvalue weighted by Gasteiger charge is -2.23. The molecule has 1 N–H and O–H groups in total. The van der Waals surface area contributed by atoms with Gasteiger partial charge in [0.05, 0.1) is 6.26 Å². The quantitative estimate of drug-likeness (QED) is 0.661. The normalized spacial score (nSPS) is 40.0. The monoisotopic (exact) mass is 205 g/mol. The van der Waals surface area contributed by atoms with Gasteiger partial charge in [0.25, 0.3) is 0 Å². The molecule has 0 aromatic carbocycles. The number of aliphatic hydroxyl groups excluding tert-OH is 1. The molecule has 2 rings (SSSR count). The van der Waals surface area contributed by atoms with Crippen LogP contribution in [-0.4, -0.2) is 43.8 Å². The van der Waals surface area contributed by atoms with Gasteiger partial charge < -0.3 is 5.11 Å². The molecular weight excluding hydrogens is 190 g/mol. The molecule has 0 unspecified atom stereocenters. The van der Waals surface area contributed by atoms with Crippen molar-refractivity contribution >= 4 is 10.0 Å². The summed E-state index contributed by atoms with van der Waals surface area (Å²) in [6.07, 6.45) is 2.17. The van der Waals surface area contributed by atoms with Crippen molar-refractivity contribution in [1.82, 2.24) is 4.31 Å². The van der Waals surface area contributed by atoms with Crippen molar-refractivity contribution in [1.29, 1.82) is 0 Å². The molecule has 2 aliphatic rings. The Morgan fingerprint density at radius 1 is 1.46 bits per heavy atom. The summed E-state index contributed by atoms with van der Waals surface area (Å²) in [5, 5.41) is 8.96. The van der Waals surface area contributed by atoms with Gasteiger partial charge >= 0.3 is 0 Å². The molecule has 2 fully saturated rings. The minimum Gasteiger partial charge on any atom is -0.396 e. The predicted molar refractivity (Wildman–Crippen MR) is 48.6 cm³/mol. The van der Waals surface area contributed by atoms with E-state index in [1.165, 1.54) is 10.6 Å². The van der Waals surface area contributed by atoms with Gasteiger partial charge in [-0.3, -0.25) is 0 Å². The van der Waals surface area contributed by atoms with Crippen LogP contribution in [-0.2, 0) is 10.0 Å². The van der Waals surface area contributed by atoms with Crippen molar-refractivity contribution in [2.24, 2.45) is 17.8 Å². The molecule has 3 atom stereocenters. The first-order valence-corrected chi connectivity index (χ1v) is 6.45. The molecule has 1 saturated heterocycles. The second-order valence-electron chi connectivity index (χ2n) is 4.08. The third kappa shape index (κ3) is 1.60. The van der Waals surface area contributed by atoms with Crippen molar-refractivity contribution in [3.8, 4) is 0 Å². The number of nitrogens with zero attached hydrogens (tertiary/aromatic N) is 1. The van der Waals surface area contributed by atoms with Crippen LogP contribution in [0.4, 0.5) is 0 Å². The van der Waals surface area contributed by atoms with Gasteiger partial charge in [0.2, 0.25) is 10.0 Å². The van der Waals surface area contributed by atoms with E-state index in [-0.39, 0.29) is 6.61 Å². The highest BCUT2D eigenvalue weighted by Gasteiger charge is 2.53. The number of sulfonamides is 1. The number of piperidine rings is 1. The molecular formula is C8H15NO3S. The van der Waals surface area contributed by atoms with Gasteiger partial charge in [-0.2, -0.15) is 0 Å². The largest absolute Gasteiger partial charge is 0.396 e. The Labute approximate surface area is 78.6 Å². The summed E-state index contributed by atoms with van der Waals surface area (Å²) in [4.78, 5) is 0. The first-order valence-electron chi connectivity index (χ1n) is 4.60. The highest BCUT2D eigenvalue weighted by Crippen LogP contribution is 2.51. The molecule has 0 radical (unpaired) electrons. The number of hydrogen-bond acceptors (Lipinski definition) is 3. The number of fused-ring (bicyclic) bond motifs is 1. The van der Waals surface area contributed by atoms with E-state index in [2.05, 4.69) is 0 Å². The lowest BCUT2D eigenvalue weighted by atomic mass is 10.2. The summed E-state index contributed by atoms with van der Waals surface area (Å²) >= 11 is 0. The fraction of sp³-hybridized carbons (Fsp3) is 1.00. The Morgan fingerprint density at radius 3 is 2.69 bits per heavy atom. The van der Waals surface area contributed by atoms with E-state index >= 15 is 0 Å². The van der Waals surface area contributed by atoms with Crippen LogP contribution < -0.4 is 0 Å². The van der Waals surface area contributed by atoms with Crippen LogP contribution in [0, 0.1) is 17.8 Å². The van der Waals surface area contributed by atoms with E-state index in [1.54, 1.807) is 0 Å². The molecule has 13 heavy (non-hydrogen) atoms. The van der Waals surface area contributed by atoms with Crippen LogP contribution in [0.2, 0.25) is 0 Å². The molecule has 1 heterocycles. The van der Waals surface area contributed by atoms with Crippen LogP contribution in [0.25, 0.3) is 0 Å². The zero-order valence-electron chi connectivity index (χ0n) is 7.68. The van der Waals surface area contributed by atoms with Crippen molar-refractivity contribution in [3.05, 3.63) is 0 Å². The molecule has 1 aliphatic heterocycles. The van der Waals surface area contributed by atoms with Gasteiger partial charge in [-0.15, -0.1) is 0 Å². The van der Waals surface area contributed by atoms with E-state index in [0.29, 0.717) is 30.8 Å². The Balaban J connectivity index is 2.01. The van der Waals surface area contributed by atoms with Crippen LogP contribution in [0.3, 0.4) is 0 Å². The van der Waals surface area contributed by atoms with Crippen molar-refractivity contribution < 1.29 is 13.5 Å². The smallest absolute Gasteiger partial charge is 0.211 e. The summed E-state index contributed by atoms with van der Waals surface area (Å²) < 4.78 is 23.9. The Morgan fingerprint density at radius 2 is 2.15 bits per heavy atom. The van der Waals surface area contributed by atoms with Crippen LogP contribution in [0.5, 0.6) is 0 Å². The highest BCUT2D eigenvalue weighted by atomic mass is 32.2. The van der Waals surface area contributed by atoms with E-state index < -0.39 is 10.0 Å². The van der Waals surface area contributed by atoms with E-state index in [1.807, 2.05) is 0 Å². The molecule has 0 spiro atoms. The van der Waals surface area contributed by atoms with Gasteiger partial charge in [0, 0.05) is 19.7 Å². The summed E-state index contributed by atoms with van der Waals surface area (Å²) in [7, 11) is -3.01. The standard InChI is InChI=1S/C8H15NO3S/c1-13(11,12)9-3-2-6-7(4-9)8(6)5-10/h6-8,10H,2-5H2,1H3/t6-,7+,8+/m0/s1. The van der Waals surface area contributed by atoms with E-state index in [0.717, 1.165) is 6.42 Å². The maximum Gasteiger partial charge on any atom is 0.211 e. The molecule has 1 aliphatic carbocycles. The Kier molecular flexibility index (Phi) is 2.13. The Bertz CT molecular complexity index is 297.